The molecule has 130 valence electrons. The molecule has 0 aliphatic heterocycles. The zero-order valence-electron chi connectivity index (χ0n) is 15.2. The van der Waals surface area contributed by atoms with Crippen LogP contribution in [0.1, 0.15) is 37.6 Å². The van der Waals surface area contributed by atoms with Crippen LogP contribution >= 0.6 is 0 Å². The number of nitrogens with zero attached hydrogens (tertiary/aromatic N) is 1. The lowest BCUT2D eigenvalue weighted by molar-refractivity contribution is 0.0860. The number of ether oxygens (including phenoxy) is 1. The number of fused-ring (bicyclic) bond motifs is 1. The van der Waals surface area contributed by atoms with Gasteiger partial charge < -0.3 is 9.30 Å². The summed E-state index contributed by atoms with van der Waals surface area (Å²) in [6.45, 7) is 7.38. The van der Waals surface area contributed by atoms with E-state index >= 15 is 0 Å². The summed E-state index contributed by atoms with van der Waals surface area (Å²) in [5.74, 6) is 1.08. The number of aryl methyl sites for hydroxylation is 1. The zero-order chi connectivity index (χ0) is 17.9. The molecule has 0 saturated heterocycles. The van der Waals surface area contributed by atoms with E-state index in [0.717, 1.165) is 35.2 Å². The maximum Gasteiger partial charge on any atom is 0.170 e. The predicted octanol–water partition coefficient (Wildman–Crippen LogP) is 5.34. The van der Waals surface area contributed by atoms with Gasteiger partial charge in [-0.15, -0.1) is 0 Å². The Hall–Kier alpha value is -2.55. The monoisotopic (exact) mass is 335 g/mol. The molecule has 0 spiro atoms. The third kappa shape index (κ3) is 3.93. The minimum Gasteiger partial charge on any atom is -0.494 e. The fraction of sp³-hybridized carbons (Fsp3) is 0.318. The molecule has 3 aromatic rings. The molecule has 0 unspecified atom stereocenters. The Bertz CT molecular complexity index is 857. The van der Waals surface area contributed by atoms with Crippen LogP contribution in [0.3, 0.4) is 0 Å². The number of benzene rings is 2. The smallest absolute Gasteiger partial charge is 0.170 e. The minimum atomic E-state index is -0.384. The zero-order valence-corrected chi connectivity index (χ0v) is 15.2. The van der Waals surface area contributed by atoms with Gasteiger partial charge in [0.05, 0.1) is 6.61 Å². The summed E-state index contributed by atoms with van der Waals surface area (Å²) in [6.07, 6.45) is 2.89. The van der Waals surface area contributed by atoms with E-state index in [1.807, 2.05) is 75.5 Å². The third-order valence-corrected chi connectivity index (χ3v) is 4.27. The number of rotatable bonds is 6. The lowest BCUT2D eigenvalue weighted by Crippen LogP contribution is -2.19. The standard InChI is InChI=1S/C22H25NO2/c1-22(2,3)21(24)19-16-23(20-13-8-7-12-18(19)20)14-9-15-25-17-10-5-4-6-11-17/h4-8,10-13,16H,9,14-15H2,1-3H3. The van der Waals surface area contributed by atoms with Crippen molar-refractivity contribution in [3.05, 3.63) is 66.4 Å². The van der Waals surface area contributed by atoms with Crippen LogP contribution in [-0.4, -0.2) is 17.0 Å². The van der Waals surface area contributed by atoms with Crippen molar-refractivity contribution in [1.82, 2.24) is 4.57 Å². The van der Waals surface area contributed by atoms with Gasteiger partial charge >= 0.3 is 0 Å². The summed E-state index contributed by atoms with van der Waals surface area (Å²) in [5, 5.41) is 1.03. The van der Waals surface area contributed by atoms with Gasteiger partial charge in [0.2, 0.25) is 0 Å². The van der Waals surface area contributed by atoms with Gasteiger partial charge in [-0.05, 0) is 24.6 Å². The number of carbonyl (C=O) groups is 1. The van der Waals surface area contributed by atoms with Crippen LogP contribution in [0.5, 0.6) is 5.75 Å². The minimum absolute atomic E-state index is 0.183. The molecule has 0 saturated carbocycles. The maximum atomic E-state index is 12.8. The molecule has 1 heterocycles. The maximum absolute atomic E-state index is 12.8. The first kappa shape index (κ1) is 17.3. The number of ketones is 1. The van der Waals surface area contributed by atoms with Crippen LogP contribution in [0.2, 0.25) is 0 Å². The quantitative estimate of drug-likeness (QED) is 0.450. The van der Waals surface area contributed by atoms with E-state index in [4.69, 9.17) is 4.74 Å². The Kier molecular flexibility index (Phi) is 4.93. The summed E-state index contributed by atoms with van der Waals surface area (Å²) < 4.78 is 7.94. The van der Waals surface area contributed by atoms with Crippen molar-refractivity contribution in [2.45, 2.75) is 33.7 Å². The average Bonchev–Trinajstić information content (AvgIpc) is 2.97. The number of para-hydroxylation sites is 2. The molecule has 3 rings (SSSR count). The van der Waals surface area contributed by atoms with E-state index in [-0.39, 0.29) is 11.2 Å². The van der Waals surface area contributed by atoms with Gasteiger partial charge in [0.25, 0.3) is 0 Å². The largest absolute Gasteiger partial charge is 0.494 e. The first-order valence-electron chi connectivity index (χ1n) is 8.77. The van der Waals surface area contributed by atoms with Crippen LogP contribution in [0.25, 0.3) is 10.9 Å². The second kappa shape index (κ2) is 7.14. The van der Waals surface area contributed by atoms with E-state index in [1.165, 1.54) is 0 Å². The lowest BCUT2D eigenvalue weighted by atomic mass is 9.86. The number of hydrogen-bond acceptors (Lipinski definition) is 2. The first-order valence-corrected chi connectivity index (χ1v) is 8.77. The summed E-state index contributed by atoms with van der Waals surface area (Å²) in [4.78, 5) is 12.8. The van der Waals surface area contributed by atoms with Gasteiger partial charge in [0, 0.05) is 34.6 Å². The second-order valence-corrected chi connectivity index (χ2v) is 7.35. The second-order valence-electron chi connectivity index (χ2n) is 7.35. The van der Waals surface area contributed by atoms with Gasteiger partial charge in [-0.3, -0.25) is 4.79 Å². The molecular weight excluding hydrogens is 310 g/mol. The summed E-state index contributed by atoms with van der Waals surface area (Å²) in [5.41, 5.74) is 1.53. The highest BCUT2D eigenvalue weighted by atomic mass is 16.5. The summed E-state index contributed by atoms with van der Waals surface area (Å²) in [6, 6.07) is 18.0. The van der Waals surface area contributed by atoms with E-state index in [1.54, 1.807) is 0 Å². The molecule has 0 radical (unpaired) electrons. The Balaban J connectivity index is 1.74. The molecule has 1 aromatic heterocycles. The predicted molar refractivity (Wildman–Crippen MR) is 102 cm³/mol. The highest BCUT2D eigenvalue weighted by molar-refractivity contribution is 6.10. The van der Waals surface area contributed by atoms with Crippen molar-refractivity contribution in [1.29, 1.82) is 0 Å². The molecule has 0 aliphatic carbocycles. The van der Waals surface area contributed by atoms with Crippen molar-refractivity contribution in [2.24, 2.45) is 5.41 Å². The molecule has 3 nitrogen and oxygen atoms in total. The molecule has 3 heteroatoms. The van der Waals surface area contributed by atoms with Crippen molar-refractivity contribution >= 4 is 16.7 Å². The van der Waals surface area contributed by atoms with E-state index in [0.29, 0.717) is 6.61 Å². The van der Waals surface area contributed by atoms with Gasteiger partial charge in [0.1, 0.15) is 5.75 Å². The SMILES string of the molecule is CC(C)(C)C(=O)c1cn(CCCOc2ccccc2)c2ccccc12. The molecule has 0 amide bonds. The molecule has 25 heavy (non-hydrogen) atoms. The normalized spacial score (nSPS) is 11.6. The molecular formula is C22H25NO2. The van der Waals surface area contributed by atoms with Crippen molar-refractivity contribution in [3.8, 4) is 5.75 Å². The number of Topliss-reactive ketones (excluding diaryl/α,β-unsaturated/α-hetero) is 1. The molecule has 0 aliphatic rings. The van der Waals surface area contributed by atoms with Gasteiger partial charge in [-0.2, -0.15) is 0 Å². The van der Waals surface area contributed by atoms with Crippen LogP contribution in [0.15, 0.2) is 60.8 Å². The van der Waals surface area contributed by atoms with Crippen LogP contribution < -0.4 is 4.74 Å². The van der Waals surface area contributed by atoms with Crippen LogP contribution in [0, 0.1) is 5.41 Å². The molecule has 0 N–H and O–H groups in total. The average molecular weight is 335 g/mol. The highest BCUT2D eigenvalue weighted by Crippen LogP contribution is 2.28. The van der Waals surface area contributed by atoms with Gasteiger partial charge in [-0.25, -0.2) is 0 Å². The van der Waals surface area contributed by atoms with E-state index < -0.39 is 0 Å². The van der Waals surface area contributed by atoms with Crippen molar-refractivity contribution < 1.29 is 9.53 Å². The van der Waals surface area contributed by atoms with Crippen LogP contribution in [-0.2, 0) is 6.54 Å². The fourth-order valence-corrected chi connectivity index (χ4v) is 2.96. The molecule has 2 aromatic carbocycles. The van der Waals surface area contributed by atoms with Crippen molar-refractivity contribution in [2.75, 3.05) is 6.61 Å². The Morgan fingerprint density at radius 1 is 1.00 bits per heavy atom. The summed E-state index contributed by atoms with van der Waals surface area (Å²) >= 11 is 0. The number of carbonyl (C=O) groups excluding carboxylic acids is 1. The fourth-order valence-electron chi connectivity index (χ4n) is 2.96. The topological polar surface area (TPSA) is 31.2 Å². The third-order valence-electron chi connectivity index (χ3n) is 4.27. The Morgan fingerprint density at radius 3 is 2.40 bits per heavy atom. The Morgan fingerprint density at radius 2 is 1.68 bits per heavy atom. The first-order chi connectivity index (χ1) is 12.0. The molecule has 0 bridgehead atoms. The number of aromatic nitrogens is 1. The van der Waals surface area contributed by atoms with E-state index in [9.17, 15) is 4.79 Å². The van der Waals surface area contributed by atoms with Crippen LogP contribution in [0.4, 0.5) is 0 Å². The van der Waals surface area contributed by atoms with Gasteiger partial charge in [0.15, 0.2) is 5.78 Å². The highest BCUT2D eigenvalue weighted by Gasteiger charge is 2.26. The number of hydrogen-bond donors (Lipinski definition) is 0. The summed E-state index contributed by atoms with van der Waals surface area (Å²) in [7, 11) is 0. The van der Waals surface area contributed by atoms with E-state index in [2.05, 4.69) is 10.6 Å². The van der Waals surface area contributed by atoms with Gasteiger partial charge in [-0.1, -0.05) is 57.2 Å². The Labute approximate surface area is 149 Å². The molecule has 0 fully saturated rings. The lowest BCUT2D eigenvalue weighted by Gasteiger charge is -2.15. The van der Waals surface area contributed by atoms with Crippen molar-refractivity contribution in [3.63, 3.8) is 0 Å². The molecule has 0 atom stereocenters.